The van der Waals surface area contributed by atoms with Crippen molar-refractivity contribution in [1.82, 2.24) is 20.4 Å². The van der Waals surface area contributed by atoms with Gasteiger partial charge in [0.1, 0.15) is 5.54 Å². The van der Waals surface area contributed by atoms with Gasteiger partial charge in [-0.15, -0.1) is 12.4 Å². The average molecular weight is 524 g/mol. The van der Waals surface area contributed by atoms with E-state index in [2.05, 4.69) is 21.6 Å². The molecule has 4 rings (SSSR count). The zero-order valence-corrected chi connectivity index (χ0v) is 22.1. The second kappa shape index (κ2) is 12.2. The molecule has 1 atom stereocenters. The number of imide groups is 1. The Morgan fingerprint density at radius 2 is 1.73 bits per heavy atom. The number of urea groups is 1. The van der Waals surface area contributed by atoms with Gasteiger partial charge in [-0.3, -0.25) is 14.5 Å². The molecule has 0 aromatic heterocycles. The molecule has 2 aliphatic rings. The molecule has 37 heavy (non-hydrogen) atoms. The van der Waals surface area contributed by atoms with Crippen molar-refractivity contribution in [3.05, 3.63) is 71.3 Å². The van der Waals surface area contributed by atoms with Gasteiger partial charge in [0.2, 0.25) is 5.91 Å². The number of carbonyl (C=O) groups excluding carboxylic acids is 3. The summed E-state index contributed by atoms with van der Waals surface area (Å²) in [6.07, 6.45) is 1.87. The van der Waals surface area contributed by atoms with Crippen LogP contribution in [0.25, 0.3) is 0 Å². The molecule has 0 unspecified atom stereocenters. The van der Waals surface area contributed by atoms with Crippen LogP contribution in [-0.2, 0) is 16.1 Å². The highest BCUT2D eigenvalue weighted by molar-refractivity contribution is 6.07. The topological polar surface area (TPSA) is 106 Å². The highest BCUT2D eigenvalue weighted by Gasteiger charge is 2.52. The number of nitrogens with one attached hydrogen (secondary N) is 2. The van der Waals surface area contributed by atoms with Crippen LogP contribution in [0, 0.1) is 17.2 Å². The van der Waals surface area contributed by atoms with Crippen molar-refractivity contribution in [3.8, 4) is 6.07 Å². The van der Waals surface area contributed by atoms with Gasteiger partial charge in [0.05, 0.1) is 24.2 Å². The SMILES string of the molecule is CC(C)C(=O)N[C@@H](CCN1CCC2(CC1)NC(=O)N(Cc1ccc(C#N)cc1)C2=O)c1ccccc1.Cl. The Bertz CT molecular complexity index is 1140. The second-order valence-corrected chi connectivity index (χ2v) is 9.97. The van der Waals surface area contributed by atoms with E-state index in [0.29, 0.717) is 31.5 Å². The third-order valence-electron chi connectivity index (χ3n) is 7.16. The van der Waals surface area contributed by atoms with Gasteiger partial charge in [-0.25, -0.2) is 4.79 Å². The molecule has 4 amide bonds. The summed E-state index contributed by atoms with van der Waals surface area (Å²) in [5, 5.41) is 15.1. The summed E-state index contributed by atoms with van der Waals surface area (Å²) < 4.78 is 0. The predicted octanol–water partition coefficient (Wildman–Crippen LogP) is 3.77. The number of amides is 4. The number of rotatable bonds is 8. The Morgan fingerprint density at radius 3 is 2.32 bits per heavy atom. The van der Waals surface area contributed by atoms with Crippen molar-refractivity contribution in [1.29, 1.82) is 5.26 Å². The quantitative estimate of drug-likeness (QED) is 0.512. The zero-order valence-electron chi connectivity index (χ0n) is 21.3. The van der Waals surface area contributed by atoms with Crippen molar-refractivity contribution in [3.63, 3.8) is 0 Å². The van der Waals surface area contributed by atoms with Gasteiger partial charge in [-0.05, 0) is 42.5 Å². The Labute approximate surface area is 224 Å². The fourth-order valence-corrected chi connectivity index (χ4v) is 4.84. The minimum atomic E-state index is -0.856. The molecule has 2 saturated heterocycles. The van der Waals surface area contributed by atoms with E-state index in [1.165, 1.54) is 4.90 Å². The van der Waals surface area contributed by atoms with Crippen molar-refractivity contribution >= 4 is 30.3 Å². The van der Waals surface area contributed by atoms with Crippen LogP contribution in [0.3, 0.4) is 0 Å². The molecule has 2 aliphatic heterocycles. The lowest BCUT2D eigenvalue weighted by Gasteiger charge is -2.37. The third-order valence-corrected chi connectivity index (χ3v) is 7.16. The Balaban J connectivity index is 0.00000380. The summed E-state index contributed by atoms with van der Waals surface area (Å²) >= 11 is 0. The summed E-state index contributed by atoms with van der Waals surface area (Å²) in [6, 6.07) is 18.5. The summed E-state index contributed by atoms with van der Waals surface area (Å²) in [5.74, 6) is -0.235. The third kappa shape index (κ3) is 6.48. The fourth-order valence-electron chi connectivity index (χ4n) is 4.84. The number of hydrogen-bond acceptors (Lipinski definition) is 5. The molecular weight excluding hydrogens is 490 g/mol. The molecular formula is C28H34ClN5O3. The van der Waals surface area contributed by atoms with Gasteiger partial charge in [0.15, 0.2) is 0 Å². The van der Waals surface area contributed by atoms with E-state index < -0.39 is 5.54 Å². The maximum Gasteiger partial charge on any atom is 0.325 e. The molecule has 0 aliphatic carbocycles. The summed E-state index contributed by atoms with van der Waals surface area (Å²) in [4.78, 5) is 41.9. The molecule has 0 radical (unpaired) electrons. The smallest absolute Gasteiger partial charge is 0.325 e. The predicted molar refractivity (Wildman–Crippen MR) is 143 cm³/mol. The van der Waals surface area contributed by atoms with Crippen LogP contribution in [0.2, 0.25) is 0 Å². The van der Waals surface area contributed by atoms with Crippen molar-refractivity contribution in [2.45, 2.75) is 51.2 Å². The van der Waals surface area contributed by atoms with Crippen LogP contribution in [0.5, 0.6) is 0 Å². The second-order valence-electron chi connectivity index (χ2n) is 9.97. The van der Waals surface area contributed by atoms with Crippen LogP contribution < -0.4 is 10.6 Å². The molecule has 2 aromatic carbocycles. The van der Waals surface area contributed by atoms with Crippen molar-refractivity contribution in [2.75, 3.05) is 19.6 Å². The highest BCUT2D eigenvalue weighted by Crippen LogP contribution is 2.31. The molecule has 2 fully saturated rings. The maximum absolute atomic E-state index is 13.3. The maximum atomic E-state index is 13.3. The number of hydrogen-bond donors (Lipinski definition) is 2. The van der Waals surface area contributed by atoms with E-state index in [1.807, 2.05) is 44.2 Å². The van der Waals surface area contributed by atoms with E-state index in [1.54, 1.807) is 24.3 Å². The Hall–Kier alpha value is -3.41. The number of nitrogens with zero attached hydrogens (tertiary/aromatic N) is 3. The fraction of sp³-hybridized carbons (Fsp3) is 0.429. The van der Waals surface area contributed by atoms with Crippen molar-refractivity contribution < 1.29 is 14.4 Å². The lowest BCUT2D eigenvalue weighted by Crippen LogP contribution is -2.55. The number of piperidine rings is 1. The Kier molecular flexibility index (Phi) is 9.30. The standard InChI is InChI=1S/C28H33N5O3.ClH/c1-20(2)25(34)30-24(23-6-4-3-5-7-23)12-15-32-16-13-28(14-17-32)26(35)33(27(36)31-28)19-22-10-8-21(18-29)9-11-22;/h3-11,20,24H,12-17,19H2,1-2H3,(H,30,34)(H,31,36);1H/t24-;/m0./s1. The number of benzene rings is 2. The summed E-state index contributed by atoms with van der Waals surface area (Å²) in [7, 11) is 0. The monoisotopic (exact) mass is 523 g/mol. The largest absolute Gasteiger partial charge is 0.349 e. The van der Waals surface area contributed by atoms with Crippen LogP contribution >= 0.6 is 12.4 Å². The molecule has 1 spiro atoms. The van der Waals surface area contributed by atoms with Gasteiger partial charge in [0, 0.05) is 25.6 Å². The molecule has 0 bridgehead atoms. The lowest BCUT2D eigenvalue weighted by atomic mass is 9.87. The molecule has 8 nitrogen and oxygen atoms in total. The first kappa shape index (κ1) is 28.2. The first-order valence-electron chi connectivity index (χ1n) is 12.5. The van der Waals surface area contributed by atoms with Crippen LogP contribution in [0.1, 0.15) is 55.8 Å². The van der Waals surface area contributed by atoms with E-state index in [4.69, 9.17) is 5.26 Å². The number of nitriles is 1. The minimum absolute atomic E-state index is 0. The molecule has 0 saturated carbocycles. The number of halogens is 1. The van der Waals surface area contributed by atoms with Gasteiger partial charge < -0.3 is 15.5 Å². The number of carbonyl (C=O) groups is 3. The number of likely N-dealkylation sites (tertiary alicyclic amines) is 1. The molecule has 9 heteroatoms. The highest BCUT2D eigenvalue weighted by atomic mass is 35.5. The lowest BCUT2D eigenvalue weighted by molar-refractivity contribution is -0.133. The van der Waals surface area contributed by atoms with Gasteiger partial charge in [-0.2, -0.15) is 5.26 Å². The first-order chi connectivity index (χ1) is 17.3. The van der Waals surface area contributed by atoms with Crippen molar-refractivity contribution in [2.24, 2.45) is 5.92 Å². The molecule has 2 N–H and O–H groups in total. The van der Waals surface area contributed by atoms with E-state index in [0.717, 1.165) is 24.1 Å². The zero-order chi connectivity index (χ0) is 25.7. The van der Waals surface area contributed by atoms with E-state index in [9.17, 15) is 14.4 Å². The Morgan fingerprint density at radius 1 is 1.08 bits per heavy atom. The van der Waals surface area contributed by atoms with Crippen LogP contribution in [0.4, 0.5) is 4.79 Å². The van der Waals surface area contributed by atoms with E-state index in [-0.39, 0.29) is 48.8 Å². The first-order valence-corrected chi connectivity index (χ1v) is 12.5. The normalized spacial score (nSPS) is 17.7. The van der Waals surface area contributed by atoms with Crippen LogP contribution in [0.15, 0.2) is 54.6 Å². The van der Waals surface area contributed by atoms with Gasteiger partial charge in [0.25, 0.3) is 5.91 Å². The molecule has 2 aromatic rings. The summed E-state index contributed by atoms with van der Waals surface area (Å²) in [5.41, 5.74) is 1.57. The molecule has 196 valence electrons. The van der Waals surface area contributed by atoms with E-state index >= 15 is 0 Å². The molecule has 2 heterocycles. The van der Waals surface area contributed by atoms with Gasteiger partial charge >= 0.3 is 6.03 Å². The minimum Gasteiger partial charge on any atom is -0.349 e. The van der Waals surface area contributed by atoms with Crippen LogP contribution in [-0.4, -0.2) is 52.8 Å². The summed E-state index contributed by atoms with van der Waals surface area (Å²) in [6.45, 7) is 6.13. The average Bonchev–Trinajstić information content (AvgIpc) is 3.12. The van der Waals surface area contributed by atoms with Gasteiger partial charge in [-0.1, -0.05) is 56.3 Å².